The van der Waals surface area contributed by atoms with Crippen LogP contribution >= 0.6 is 0 Å². The van der Waals surface area contributed by atoms with E-state index in [1.54, 1.807) is 11.0 Å². The maximum Gasteiger partial charge on any atom is 0.405 e. The molecule has 0 saturated carbocycles. The molecule has 1 aromatic rings. The van der Waals surface area contributed by atoms with E-state index in [4.69, 9.17) is 9.84 Å². The zero-order chi connectivity index (χ0) is 17.5. The monoisotopic (exact) mass is 337 g/mol. The number of hydrogen-bond donors (Lipinski definition) is 2. The fourth-order valence-corrected chi connectivity index (χ4v) is 2.28. The van der Waals surface area contributed by atoms with E-state index in [9.17, 15) is 9.59 Å². The van der Waals surface area contributed by atoms with Gasteiger partial charge in [0.2, 0.25) is 11.8 Å². The quantitative estimate of drug-likeness (QED) is 0.775. The van der Waals surface area contributed by atoms with Crippen LogP contribution in [-0.2, 0) is 4.79 Å². The number of carbonyl (C=O) groups is 2. The second-order valence-corrected chi connectivity index (χ2v) is 5.95. The zero-order valence-corrected chi connectivity index (χ0v) is 13.9. The summed E-state index contributed by atoms with van der Waals surface area (Å²) in [5, 5.41) is 10.6. The van der Waals surface area contributed by atoms with E-state index in [2.05, 4.69) is 34.0 Å². The second-order valence-electron chi connectivity index (χ2n) is 5.95. The third-order valence-corrected chi connectivity index (χ3v) is 3.54. The Kier molecular flexibility index (Phi) is 6.16. The highest BCUT2D eigenvalue weighted by atomic mass is 16.5. The summed E-state index contributed by atoms with van der Waals surface area (Å²) in [7, 11) is 0. The average molecular weight is 337 g/mol. The molecule has 0 bridgehead atoms. The van der Waals surface area contributed by atoms with E-state index >= 15 is 0 Å². The Labute approximate surface area is 140 Å². The number of anilines is 1. The summed E-state index contributed by atoms with van der Waals surface area (Å²) in [5.41, 5.74) is 0. The van der Waals surface area contributed by atoms with Crippen LogP contribution in [0, 0.1) is 5.92 Å². The van der Waals surface area contributed by atoms with E-state index < -0.39 is 6.09 Å². The smallest absolute Gasteiger partial charge is 0.405 e. The third kappa shape index (κ3) is 5.25. The van der Waals surface area contributed by atoms with Crippen molar-refractivity contribution in [3.05, 3.63) is 12.4 Å². The summed E-state index contributed by atoms with van der Waals surface area (Å²) in [6.07, 6.45) is 0.274. The number of amides is 2. The van der Waals surface area contributed by atoms with Crippen molar-refractivity contribution in [2.24, 2.45) is 5.92 Å². The molecule has 0 aliphatic carbocycles. The van der Waals surface area contributed by atoms with Crippen molar-refractivity contribution in [1.29, 1.82) is 0 Å². The zero-order valence-electron chi connectivity index (χ0n) is 13.9. The molecule has 1 aliphatic rings. The molecule has 24 heavy (non-hydrogen) atoms. The normalized spacial score (nSPS) is 14.6. The molecule has 0 aromatic carbocycles. The van der Waals surface area contributed by atoms with Crippen LogP contribution in [0.25, 0.3) is 0 Å². The van der Waals surface area contributed by atoms with Crippen molar-refractivity contribution in [3.63, 3.8) is 0 Å². The Hall–Kier alpha value is -2.58. The van der Waals surface area contributed by atoms with E-state index in [0.717, 1.165) is 5.82 Å². The van der Waals surface area contributed by atoms with Gasteiger partial charge < -0.3 is 25.0 Å². The van der Waals surface area contributed by atoms with Crippen molar-refractivity contribution in [1.82, 2.24) is 20.2 Å². The third-order valence-electron chi connectivity index (χ3n) is 3.54. The summed E-state index contributed by atoms with van der Waals surface area (Å²) in [4.78, 5) is 34.4. The van der Waals surface area contributed by atoms with Crippen molar-refractivity contribution in [2.45, 2.75) is 13.8 Å². The first-order chi connectivity index (χ1) is 11.5. The molecule has 132 valence electrons. The van der Waals surface area contributed by atoms with Crippen LogP contribution in [0.4, 0.5) is 10.6 Å². The standard InChI is InChI=1S/C15H23N5O4/c1-11(2)9-24-13-7-12(17-10-18-13)19-3-5-20(6-4-19)14(21)8-16-15(22)23/h7,10-11,16H,3-6,8-9H2,1-2H3,(H,22,23). The van der Waals surface area contributed by atoms with E-state index in [0.29, 0.717) is 44.6 Å². The predicted octanol–water partition coefficient (Wildman–Crippen LogP) is 0.428. The van der Waals surface area contributed by atoms with Crippen LogP contribution in [-0.4, -0.2) is 71.3 Å². The van der Waals surface area contributed by atoms with Gasteiger partial charge in [-0.15, -0.1) is 0 Å². The van der Waals surface area contributed by atoms with Crippen LogP contribution in [0.1, 0.15) is 13.8 Å². The lowest BCUT2D eigenvalue weighted by Crippen LogP contribution is -2.51. The molecule has 2 heterocycles. The fraction of sp³-hybridized carbons (Fsp3) is 0.600. The minimum atomic E-state index is -1.20. The van der Waals surface area contributed by atoms with Gasteiger partial charge in [0, 0.05) is 32.2 Å². The highest BCUT2D eigenvalue weighted by molar-refractivity contribution is 5.82. The molecular formula is C15H23N5O4. The minimum Gasteiger partial charge on any atom is -0.477 e. The molecule has 9 nitrogen and oxygen atoms in total. The molecule has 9 heteroatoms. The van der Waals surface area contributed by atoms with Gasteiger partial charge in [-0.1, -0.05) is 13.8 Å². The number of carbonyl (C=O) groups excluding carboxylic acids is 1. The van der Waals surface area contributed by atoms with Gasteiger partial charge in [0.25, 0.3) is 0 Å². The Bertz CT molecular complexity index is 573. The summed E-state index contributed by atoms with van der Waals surface area (Å²) in [6, 6.07) is 1.80. The molecule has 0 spiro atoms. The Balaban J connectivity index is 1.86. The molecular weight excluding hydrogens is 314 g/mol. The Morgan fingerprint density at radius 1 is 1.29 bits per heavy atom. The first-order valence-electron chi connectivity index (χ1n) is 7.90. The van der Waals surface area contributed by atoms with E-state index in [-0.39, 0.29) is 12.5 Å². The number of aromatic nitrogens is 2. The molecule has 1 fully saturated rings. The van der Waals surface area contributed by atoms with Gasteiger partial charge in [0.1, 0.15) is 18.7 Å². The van der Waals surface area contributed by atoms with Crippen molar-refractivity contribution < 1.29 is 19.4 Å². The molecule has 2 N–H and O–H groups in total. The van der Waals surface area contributed by atoms with Crippen molar-refractivity contribution >= 4 is 17.8 Å². The van der Waals surface area contributed by atoms with Crippen LogP contribution in [0.5, 0.6) is 5.88 Å². The molecule has 1 saturated heterocycles. The van der Waals surface area contributed by atoms with Gasteiger partial charge in [-0.05, 0) is 5.92 Å². The van der Waals surface area contributed by atoms with Gasteiger partial charge >= 0.3 is 6.09 Å². The van der Waals surface area contributed by atoms with Crippen LogP contribution < -0.4 is 15.0 Å². The number of carboxylic acid groups (broad SMARTS) is 1. The van der Waals surface area contributed by atoms with Crippen LogP contribution in [0.15, 0.2) is 12.4 Å². The summed E-state index contributed by atoms with van der Waals surface area (Å²) < 4.78 is 5.61. The molecule has 0 unspecified atom stereocenters. The lowest BCUT2D eigenvalue weighted by molar-refractivity contribution is -0.130. The Morgan fingerprint density at radius 3 is 2.62 bits per heavy atom. The first-order valence-corrected chi connectivity index (χ1v) is 7.90. The summed E-state index contributed by atoms with van der Waals surface area (Å²) in [5.74, 6) is 1.50. The highest BCUT2D eigenvalue weighted by Gasteiger charge is 2.22. The van der Waals surface area contributed by atoms with Gasteiger partial charge in [-0.2, -0.15) is 0 Å². The summed E-state index contributed by atoms with van der Waals surface area (Å²) in [6.45, 7) is 6.82. The molecule has 0 atom stereocenters. The lowest BCUT2D eigenvalue weighted by Gasteiger charge is -2.35. The molecule has 1 aliphatic heterocycles. The molecule has 2 amide bonds. The SMILES string of the molecule is CC(C)COc1cc(N2CCN(C(=O)CNC(=O)O)CC2)ncn1. The molecule has 0 radical (unpaired) electrons. The number of piperazine rings is 1. The maximum atomic E-state index is 11.9. The van der Waals surface area contributed by atoms with Crippen molar-refractivity contribution in [2.75, 3.05) is 44.2 Å². The lowest BCUT2D eigenvalue weighted by atomic mass is 10.2. The van der Waals surface area contributed by atoms with Gasteiger partial charge in [-0.25, -0.2) is 14.8 Å². The Morgan fingerprint density at radius 2 is 2.00 bits per heavy atom. The summed E-state index contributed by atoms with van der Waals surface area (Å²) >= 11 is 0. The van der Waals surface area contributed by atoms with Crippen LogP contribution in [0.2, 0.25) is 0 Å². The topological polar surface area (TPSA) is 108 Å². The number of hydrogen-bond acceptors (Lipinski definition) is 6. The van der Waals surface area contributed by atoms with E-state index in [1.165, 1.54) is 6.33 Å². The van der Waals surface area contributed by atoms with Gasteiger partial charge in [0.15, 0.2) is 0 Å². The minimum absolute atomic E-state index is 0.198. The van der Waals surface area contributed by atoms with E-state index in [1.807, 2.05) is 0 Å². The number of nitrogens with one attached hydrogen (secondary N) is 1. The largest absolute Gasteiger partial charge is 0.477 e. The fourth-order valence-electron chi connectivity index (χ4n) is 2.28. The predicted molar refractivity (Wildman–Crippen MR) is 87.2 cm³/mol. The second kappa shape index (κ2) is 8.32. The van der Waals surface area contributed by atoms with Gasteiger partial charge in [0.05, 0.1) is 6.61 Å². The molecule has 1 aromatic heterocycles. The maximum absolute atomic E-state index is 11.9. The first kappa shape index (κ1) is 17.8. The average Bonchev–Trinajstić information content (AvgIpc) is 2.58. The molecule has 2 rings (SSSR count). The van der Waals surface area contributed by atoms with Crippen molar-refractivity contribution in [3.8, 4) is 5.88 Å². The number of nitrogens with zero attached hydrogens (tertiary/aromatic N) is 4. The number of ether oxygens (including phenoxy) is 1. The number of rotatable bonds is 6. The van der Waals surface area contributed by atoms with Crippen LogP contribution in [0.3, 0.4) is 0 Å². The van der Waals surface area contributed by atoms with Gasteiger partial charge in [-0.3, -0.25) is 4.79 Å². The highest BCUT2D eigenvalue weighted by Crippen LogP contribution is 2.18.